The molecule has 0 spiro atoms. The molecule has 5 amide bonds. The van der Waals surface area contributed by atoms with Crippen LogP contribution in [0.4, 0.5) is 10.5 Å². The Kier molecular flexibility index (Phi) is 8.86. The standard InChI is InChI=1S/C30H36N4O6/c1-30(2,3)40-29(39)31-16-15-25(35)32-18-20-9-7-8-12-24(20)33-26(36)19-13-14-22-23(17-19)28(38)34(27(22)37)21-10-5-4-6-11-21/h7-9,12-14,17,21H,4-6,10-11,15-16,18H2,1-3H3,(H,31,39)(H,32,35)(H,33,36). The van der Waals surface area contributed by atoms with Crippen LogP contribution in [0, 0.1) is 0 Å². The van der Waals surface area contributed by atoms with E-state index in [0.29, 0.717) is 16.8 Å². The highest BCUT2D eigenvalue weighted by Crippen LogP contribution is 2.31. The van der Waals surface area contributed by atoms with Crippen molar-refractivity contribution in [3.8, 4) is 0 Å². The van der Waals surface area contributed by atoms with Crippen molar-refractivity contribution >= 4 is 35.4 Å². The van der Waals surface area contributed by atoms with E-state index in [-0.39, 0.29) is 54.4 Å². The maximum absolute atomic E-state index is 13.1. The second-order valence-electron chi connectivity index (χ2n) is 11.1. The van der Waals surface area contributed by atoms with Gasteiger partial charge in [-0.1, -0.05) is 37.5 Å². The van der Waals surface area contributed by atoms with Gasteiger partial charge in [0.2, 0.25) is 5.91 Å². The lowest BCUT2D eigenvalue weighted by Gasteiger charge is -2.29. The molecule has 0 atom stereocenters. The summed E-state index contributed by atoms with van der Waals surface area (Å²) in [5.41, 5.74) is 1.41. The number of imide groups is 1. The van der Waals surface area contributed by atoms with Crippen LogP contribution in [0.15, 0.2) is 42.5 Å². The summed E-state index contributed by atoms with van der Waals surface area (Å²) in [6, 6.07) is 11.5. The van der Waals surface area contributed by atoms with Gasteiger partial charge in [-0.25, -0.2) is 4.79 Å². The Hall–Kier alpha value is -4.21. The number of carbonyl (C=O) groups is 5. The van der Waals surface area contributed by atoms with Gasteiger partial charge in [-0.3, -0.25) is 24.1 Å². The van der Waals surface area contributed by atoms with Crippen LogP contribution in [-0.2, 0) is 16.1 Å². The second kappa shape index (κ2) is 12.3. The summed E-state index contributed by atoms with van der Waals surface area (Å²) in [5.74, 6) is -1.34. The van der Waals surface area contributed by atoms with Crippen LogP contribution in [0.3, 0.4) is 0 Å². The van der Waals surface area contributed by atoms with Gasteiger partial charge in [0.15, 0.2) is 0 Å². The highest BCUT2D eigenvalue weighted by atomic mass is 16.6. The number of anilines is 1. The average Bonchev–Trinajstić information content (AvgIpc) is 3.16. The summed E-state index contributed by atoms with van der Waals surface area (Å²) < 4.78 is 5.15. The molecule has 1 fully saturated rings. The van der Waals surface area contributed by atoms with E-state index in [1.807, 2.05) is 0 Å². The monoisotopic (exact) mass is 548 g/mol. The van der Waals surface area contributed by atoms with Crippen LogP contribution < -0.4 is 16.0 Å². The number of hydrogen-bond donors (Lipinski definition) is 3. The van der Waals surface area contributed by atoms with Gasteiger partial charge in [0, 0.05) is 36.8 Å². The van der Waals surface area contributed by atoms with Crippen LogP contribution in [0.5, 0.6) is 0 Å². The number of nitrogens with zero attached hydrogens (tertiary/aromatic N) is 1. The maximum Gasteiger partial charge on any atom is 0.407 e. The summed E-state index contributed by atoms with van der Waals surface area (Å²) in [6.07, 6.45) is 4.20. The Labute approximate surface area is 233 Å². The Balaban J connectivity index is 1.34. The van der Waals surface area contributed by atoms with Crippen molar-refractivity contribution in [1.29, 1.82) is 0 Å². The van der Waals surface area contributed by atoms with Crippen molar-refractivity contribution in [2.45, 2.75) is 77.5 Å². The number of rotatable bonds is 8. The zero-order chi connectivity index (χ0) is 28.9. The zero-order valence-electron chi connectivity index (χ0n) is 23.2. The first-order chi connectivity index (χ1) is 19.0. The number of ether oxygens (including phenoxy) is 1. The van der Waals surface area contributed by atoms with Crippen LogP contribution in [0.2, 0.25) is 0 Å². The molecule has 0 radical (unpaired) electrons. The molecule has 10 nitrogen and oxygen atoms in total. The molecule has 0 saturated heterocycles. The third-order valence-corrected chi connectivity index (χ3v) is 6.88. The van der Waals surface area contributed by atoms with Gasteiger partial charge >= 0.3 is 6.09 Å². The Bertz CT molecular complexity index is 1310. The largest absolute Gasteiger partial charge is 0.444 e. The molecule has 0 bridgehead atoms. The second-order valence-corrected chi connectivity index (χ2v) is 11.1. The number of para-hydroxylation sites is 1. The molecule has 0 aromatic heterocycles. The normalized spacial score (nSPS) is 15.4. The van der Waals surface area contributed by atoms with Gasteiger partial charge in [0.05, 0.1) is 11.1 Å². The predicted molar refractivity (Wildman–Crippen MR) is 149 cm³/mol. The third-order valence-electron chi connectivity index (χ3n) is 6.88. The first-order valence-corrected chi connectivity index (χ1v) is 13.7. The Morgan fingerprint density at radius 2 is 1.62 bits per heavy atom. The lowest BCUT2D eigenvalue weighted by atomic mass is 9.94. The molecular formula is C30H36N4O6. The summed E-state index contributed by atoms with van der Waals surface area (Å²) in [5, 5.41) is 8.18. The van der Waals surface area contributed by atoms with Crippen molar-refractivity contribution in [2.24, 2.45) is 0 Å². The van der Waals surface area contributed by atoms with E-state index in [0.717, 1.165) is 32.1 Å². The number of nitrogens with one attached hydrogen (secondary N) is 3. The number of fused-ring (bicyclic) bond motifs is 1. The lowest BCUT2D eigenvalue weighted by Crippen LogP contribution is -2.40. The van der Waals surface area contributed by atoms with E-state index in [2.05, 4.69) is 16.0 Å². The molecule has 4 rings (SSSR count). The van der Waals surface area contributed by atoms with E-state index in [1.54, 1.807) is 57.2 Å². The van der Waals surface area contributed by atoms with E-state index in [1.165, 1.54) is 11.0 Å². The number of benzene rings is 2. The van der Waals surface area contributed by atoms with Gasteiger partial charge in [-0.2, -0.15) is 0 Å². The minimum atomic E-state index is -0.622. The van der Waals surface area contributed by atoms with E-state index >= 15 is 0 Å². The molecule has 10 heteroatoms. The summed E-state index contributed by atoms with van der Waals surface area (Å²) >= 11 is 0. The highest BCUT2D eigenvalue weighted by molar-refractivity contribution is 6.22. The van der Waals surface area contributed by atoms with E-state index in [9.17, 15) is 24.0 Å². The van der Waals surface area contributed by atoms with E-state index < -0.39 is 17.6 Å². The summed E-state index contributed by atoms with van der Waals surface area (Å²) in [6.45, 7) is 5.55. The van der Waals surface area contributed by atoms with Gasteiger partial charge in [-0.15, -0.1) is 0 Å². The Morgan fingerprint density at radius 3 is 2.35 bits per heavy atom. The smallest absolute Gasteiger partial charge is 0.407 e. The van der Waals surface area contributed by atoms with Gasteiger partial charge < -0.3 is 20.7 Å². The fraction of sp³-hybridized carbons (Fsp3) is 0.433. The van der Waals surface area contributed by atoms with Crippen LogP contribution in [-0.4, -0.2) is 52.8 Å². The van der Waals surface area contributed by atoms with E-state index in [4.69, 9.17) is 4.74 Å². The van der Waals surface area contributed by atoms with Crippen molar-refractivity contribution in [3.05, 3.63) is 64.7 Å². The molecule has 2 aromatic carbocycles. The summed E-state index contributed by atoms with van der Waals surface area (Å²) in [4.78, 5) is 64.6. The topological polar surface area (TPSA) is 134 Å². The van der Waals surface area contributed by atoms with Crippen LogP contribution in [0.25, 0.3) is 0 Å². The summed E-state index contributed by atoms with van der Waals surface area (Å²) in [7, 11) is 0. The van der Waals surface area contributed by atoms with Crippen LogP contribution >= 0.6 is 0 Å². The fourth-order valence-electron chi connectivity index (χ4n) is 4.94. The molecule has 1 aliphatic heterocycles. The highest BCUT2D eigenvalue weighted by Gasteiger charge is 2.40. The number of hydrogen-bond acceptors (Lipinski definition) is 6. The molecular weight excluding hydrogens is 512 g/mol. The fourth-order valence-corrected chi connectivity index (χ4v) is 4.94. The first kappa shape index (κ1) is 28.8. The van der Waals surface area contributed by atoms with Gasteiger partial charge in [-0.05, 0) is 63.4 Å². The molecule has 2 aliphatic rings. The minimum Gasteiger partial charge on any atom is -0.444 e. The first-order valence-electron chi connectivity index (χ1n) is 13.7. The zero-order valence-corrected chi connectivity index (χ0v) is 23.2. The predicted octanol–water partition coefficient (Wildman–Crippen LogP) is 4.40. The lowest BCUT2D eigenvalue weighted by molar-refractivity contribution is -0.121. The van der Waals surface area contributed by atoms with Crippen molar-refractivity contribution in [1.82, 2.24) is 15.5 Å². The Morgan fingerprint density at radius 1 is 0.925 bits per heavy atom. The molecule has 1 heterocycles. The van der Waals surface area contributed by atoms with Crippen LogP contribution in [0.1, 0.15) is 95.9 Å². The van der Waals surface area contributed by atoms with Gasteiger partial charge in [0.25, 0.3) is 17.7 Å². The molecule has 212 valence electrons. The minimum absolute atomic E-state index is 0.0630. The van der Waals surface area contributed by atoms with Gasteiger partial charge in [0.1, 0.15) is 5.60 Å². The number of amides is 5. The SMILES string of the molecule is CC(C)(C)OC(=O)NCCC(=O)NCc1ccccc1NC(=O)c1ccc2c(c1)C(=O)N(C1CCCCC1)C2=O. The number of carbonyl (C=O) groups excluding carboxylic acids is 5. The third kappa shape index (κ3) is 7.05. The average molecular weight is 549 g/mol. The van der Waals surface area contributed by atoms with Crippen molar-refractivity contribution < 1.29 is 28.7 Å². The molecule has 1 aliphatic carbocycles. The molecule has 1 saturated carbocycles. The quantitative estimate of drug-likeness (QED) is 0.419. The van der Waals surface area contributed by atoms with Crippen molar-refractivity contribution in [3.63, 3.8) is 0 Å². The van der Waals surface area contributed by atoms with Crippen molar-refractivity contribution in [2.75, 3.05) is 11.9 Å². The molecule has 0 unspecified atom stereocenters. The number of alkyl carbamates (subject to hydrolysis) is 1. The molecule has 3 N–H and O–H groups in total. The molecule has 2 aromatic rings. The maximum atomic E-state index is 13.1. The molecule has 40 heavy (non-hydrogen) atoms.